The highest BCUT2D eigenvalue weighted by Crippen LogP contribution is 2.49. The average Bonchev–Trinajstić information content (AvgIpc) is 3.43. The topological polar surface area (TPSA) is 76.1 Å². The fraction of sp³-hybridized carbons (Fsp3) is 0.419. The molecule has 0 saturated carbocycles. The number of para-hydroxylation sites is 1. The van der Waals surface area contributed by atoms with Gasteiger partial charge in [0.1, 0.15) is 12.4 Å². The van der Waals surface area contributed by atoms with Gasteiger partial charge in [0.15, 0.2) is 11.6 Å². The van der Waals surface area contributed by atoms with E-state index in [2.05, 4.69) is 6.92 Å². The number of rotatable bonds is 9. The van der Waals surface area contributed by atoms with E-state index in [0.717, 1.165) is 42.6 Å². The Morgan fingerprint density at radius 2 is 1.92 bits per heavy atom. The number of hydrogen-bond donors (Lipinski definition) is 1. The number of carbonyl (C=O) groups is 2. The number of aromatic hydroxyl groups is 1. The van der Waals surface area contributed by atoms with Crippen LogP contribution >= 0.6 is 0 Å². The number of halogens is 1. The quantitative estimate of drug-likeness (QED) is 0.349. The van der Waals surface area contributed by atoms with Gasteiger partial charge < -0.3 is 14.6 Å². The molecule has 2 aliphatic heterocycles. The van der Waals surface area contributed by atoms with E-state index in [1.54, 1.807) is 13.1 Å². The van der Waals surface area contributed by atoms with E-state index in [0.29, 0.717) is 25.2 Å². The molecule has 0 radical (unpaired) electrons. The Morgan fingerprint density at radius 1 is 1.13 bits per heavy atom. The molecule has 7 heteroatoms. The smallest absolute Gasteiger partial charge is 0.233 e. The Morgan fingerprint density at radius 3 is 2.66 bits per heavy atom. The molecular formula is C31H34FNO5. The van der Waals surface area contributed by atoms with Crippen molar-refractivity contribution >= 4 is 17.9 Å². The zero-order valence-corrected chi connectivity index (χ0v) is 21.9. The minimum absolute atomic E-state index is 0.115. The number of nitrogens with zero attached hydrogens (tertiary/aromatic N) is 1. The molecule has 3 aliphatic rings. The molecule has 1 N–H and O–H groups in total. The van der Waals surface area contributed by atoms with Crippen molar-refractivity contribution in [2.45, 2.75) is 45.1 Å². The van der Waals surface area contributed by atoms with Gasteiger partial charge in [-0.15, -0.1) is 0 Å². The third-order valence-corrected chi connectivity index (χ3v) is 8.03. The molecule has 5 rings (SSSR count). The summed E-state index contributed by atoms with van der Waals surface area (Å²) >= 11 is 0. The molecule has 4 atom stereocenters. The number of allylic oxidation sites excluding steroid dienone is 1. The summed E-state index contributed by atoms with van der Waals surface area (Å²) in [5.74, 6) is -1.33. The summed E-state index contributed by atoms with van der Waals surface area (Å²) in [5.41, 5.74) is 4.06. The van der Waals surface area contributed by atoms with Crippen LogP contribution in [0, 0.1) is 23.6 Å². The highest BCUT2D eigenvalue weighted by Gasteiger charge is 2.56. The van der Waals surface area contributed by atoms with Gasteiger partial charge >= 0.3 is 0 Å². The van der Waals surface area contributed by atoms with Crippen LogP contribution in [0.5, 0.6) is 11.5 Å². The predicted octanol–water partition coefficient (Wildman–Crippen LogP) is 5.52. The summed E-state index contributed by atoms with van der Waals surface area (Å²) < 4.78 is 26.3. The Hall–Kier alpha value is -3.45. The van der Waals surface area contributed by atoms with Gasteiger partial charge in [0, 0.05) is 13.0 Å². The number of imide groups is 1. The van der Waals surface area contributed by atoms with Crippen LogP contribution in [0.1, 0.15) is 44.6 Å². The maximum atomic E-state index is 13.9. The number of fused-ring (bicyclic) bond motifs is 3. The molecule has 0 aromatic heterocycles. The van der Waals surface area contributed by atoms with Crippen molar-refractivity contribution < 1.29 is 28.6 Å². The highest BCUT2D eigenvalue weighted by molar-refractivity contribution is 6.05. The first-order valence-corrected chi connectivity index (χ1v) is 13.4. The second kappa shape index (κ2) is 11.1. The van der Waals surface area contributed by atoms with E-state index >= 15 is 0 Å². The molecule has 200 valence electrons. The van der Waals surface area contributed by atoms with E-state index in [1.165, 1.54) is 22.6 Å². The molecule has 1 aliphatic carbocycles. The predicted molar refractivity (Wildman–Crippen MR) is 142 cm³/mol. The normalized spacial score (nSPS) is 25.1. The third-order valence-electron chi connectivity index (χ3n) is 8.03. The van der Waals surface area contributed by atoms with Gasteiger partial charge in [-0.1, -0.05) is 49.3 Å². The molecule has 0 spiro atoms. The van der Waals surface area contributed by atoms with Crippen LogP contribution in [0.3, 0.4) is 0 Å². The number of ether oxygens (including phenoxy) is 2. The Balaban J connectivity index is 1.39. The van der Waals surface area contributed by atoms with Crippen LogP contribution in [-0.4, -0.2) is 48.2 Å². The first-order valence-electron chi connectivity index (χ1n) is 13.4. The summed E-state index contributed by atoms with van der Waals surface area (Å²) in [4.78, 5) is 27.2. The van der Waals surface area contributed by atoms with Crippen LogP contribution in [0.2, 0.25) is 0 Å². The summed E-state index contributed by atoms with van der Waals surface area (Å²) in [7, 11) is 1.57. The molecule has 38 heavy (non-hydrogen) atoms. The fourth-order valence-electron chi connectivity index (χ4n) is 6.21. The van der Waals surface area contributed by atoms with Crippen molar-refractivity contribution in [1.29, 1.82) is 0 Å². The van der Waals surface area contributed by atoms with E-state index in [-0.39, 0.29) is 41.4 Å². The SMILES string of the molecule is CCC/C(=C\c1ccc(O)c(F)c1)CC[C@H]1OC[C@H]2C1=C(COc1ccccc1)C[C@H]1C(=O)N(C)C(=O)[C@H]12. The van der Waals surface area contributed by atoms with Crippen LogP contribution in [-0.2, 0) is 14.3 Å². The summed E-state index contributed by atoms with van der Waals surface area (Å²) in [5, 5.41) is 9.52. The van der Waals surface area contributed by atoms with Gasteiger partial charge in [-0.3, -0.25) is 14.5 Å². The Labute approximate surface area is 222 Å². The van der Waals surface area contributed by atoms with E-state index in [1.807, 2.05) is 36.4 Å². The molecule has 2 aromatic carbocycles. The minimum atomic E-state index is -0.637. The molecule has 6 nitrogen and oxygen atoms in total. The van der Waals surface area contributed by atoms with Gasteiger partial charge in [0.05, 0.1) is 24.5 Å². The lowest BCUT2D eigenvalue weighted by atomic mass is 9.69. The first-order chi connectivity index (χ1) is 18.4. The van der Waals surface area contributed by atoms with Crippen molar-refractivity contribution in [1.82, 2.24) is 4.90 Å². The lowest BCUT2D eigenvalue weighted by Crippen LogP contribution is -2.35. The van der Waals surface area contributed by atoms with Gasteiger partial charge in [-0.05, 0) is 66.7 Å². The van der Waals surface area contributed by atoms with Gasteiger partial charge in [-0.25, -0.2) is 4.39 Å². The molecule has 2 heterocycles. The zero-order chi connectivity index (χ0) is 26.8. The summed E-state index contributed by atoms with van der Waals surface area (Å²) in [6, 6.07) is 14.0. The number of benzene rings is 2. The van der Waals surface area contributed by atoms with Crippen LogP contribution in [0.25, 0.3) is 6.08 Å². The summed E-state index contributed by atoms with van der Waals surface area (Å²) in [6.45, 7) is 2.88. The van der Waals surface area contributed by atoms with Gasteiger partial charge in [0.2, 0.25) is 11.8 Å². The van der Waals surface area contributed by atoms with Crippen LogP contribution in [0.15, 0.2) is 65.3 Å². The summed E-state index contributed by atoms with van der Waals surface area (Å²) in [6.07, 6.45) is 5.62. The largest absolute Gasteiger partial charge is 0.505 e. The Bertz CT molecular complexity index is 1270. The molecule has 2 saturated heterocycles. The number of phenolic OH excluding ortho intramolecular Hbond substituents is 1. The van der Waals surface area contributed by atoms with Crippen molar-refractivity contribution in [2.75, 3.05) is 20.3 Å². The van der Waals surface area contributed by atoms with Gasteiger partial charge in [-0.2, -0.15) is 0 Å². The van der Waals surface area contributed by atoms with E-state index < -0.39 is 5.82 Å². The molecule has 0 unspecified atom stereocenters. The minimum Gasteiger partial charge on any atom is -0.505 e. The maximum Gasteiger partial charge on any atom is 0.233 e. The first kappa shape index (κ1) is 26.2. The molecular weight excluding hydrogens is 485 g/mol. The van der Waals surface area contributed by atoms with E-state index in [9.17, 15) is 19.1 Å². The second-order valence-corrected chi connectivity index (χ2v) is 10.5. The number of carbonyl (C=O) groups excluding carboxylic acids is 2. The number of amides is 2. The monoisotopic (exact) mass is 519 g/mol. The van der Waals surface area contributed by atoms with E-state index in [4.69, 9.17) is 9.47 Å². The highest BCUT2D eigenvalue weighted by atomic mass is 19.1. The lowest BCUT2D eigenvalue weighted by Gasteiger charge is -2.32. The fourth-order valence-corrected chi connectivity index (χ4v) is 6.21. The average molecular weight is 520 g/mol. The number of likely N-dealkylation sites (tertiary alicyclic amines) is 1. The van der Waals surface area contributed by atoms with Crippen molar-refractivity contribution in [3.05, 3.63) is 76.6 Å². The van der Waals surface area contributed by atoms with Crippen molar-refractivity contribution in [2.24, 2.45) is 17.8 Å². The van der Waals surface area contributed by atoms with Crippen LogP contribution < -0.4 is 4.74 Å². The number of hydrogen-bond acceptors (Lipinski definition) is 5. The maximum absolute atomic E-state index is 13.9. The second-order valence-electron chi connectivity index (χ2n) is 10.5. The Kier molecular flexibility index (Phi) is 7.65. The molecule has 2 amide bonds. The lowest BCUT2D eigenvalue weighted by molar-refractivity contribution is -0.138. The molecule has 2 aromatic rings. The standard InChI is InChI=1S/C31H34FNO5/c1-3-7-19(14-20-10-12-26(34)25(32)15-20)11-13-27-28-21(17-37-22-8-5-4-6-9-22)16-23-29(24(28)18-38-27)31(36)33(2)30(23)35/h4-6,8-10,12,14-15,23-24,27,29,34H,3,7,11,13,16-18H2,1-2H3/b19-14+/t23-,24+,27-,29-/m1/s1. The van der Waals surface area contributed by atoms with Crippen LogP contribution in [0.4, 0.5) is 4.39 Å². The third kappa shape index (κ3) is 5.12. The van der Waals surface area contributed by atoms with Gasteiger partial charge in [0.25, 0.3) is 0 Å². The number of phenols is 1. The molecule has 2 fully saturated rings. The zero-order valence-electron chi connectivity index (χ0n) is 21.9. The van der Waals surface area contributed by atoms with Crippen molar-refractivity contribution in [3.8, 4) is 11.5 Å². The van der Waals surface area contributed by atoms with Crippen molar-refractivity contribution in [3.63, 3.8) is 0 Å². The molecule has 0 bridgehead atoms.